The molecular formula is C46H32N4O2S. The van der Waals surface area contributed by atoms with Gasteiger partial charge in [0.05, 0.1) is 11.5 Å². The van der Waals surface area contributed by atoms with E-state index < -0.39 is 9.84 Å². The van der Waals surface area contributed by atoms with Crippen LogP contribution in [0.4, 0.5) is 0 Å². The Morgan fingerprint density at radius 2 is 0.642 bits per heavy atom. The van der Waals surface area contributed by atoms with Gasteiger partial charge >= 0.3 is 0 Å². The number of hydrogen-bond acceptors (Lipinski definition) is 6. The van der Waals surface area contributed by atoms with Gasteiger partial charge in [-0.2, -0.15) is 0 Å². The molecule has 8 aromatic rings. The van der Waals surface area contributed by atoms with Gasteiger partial charge in [-0.15, -0.1) is 0 Å². The fourth-order valence-corrected chi connectivity index (χ4v) is 8.73. The van der Waals surface area contributed by atoms with Gasteiger partial charge in [-0.3, -0.25) is 19.9 Å². The van der Waals surface area contributed by atoms with E-state index in [2.05, 4.69) is 92.7 Å². The quantitative estimate of drug-likeness (QED) is 0.171. The molecule has 9 rings (SSSR count). The van der Waals surface area contributed by atoms with Crippen molar-refractivity contribution in [3.05, 3.63) is 182 Å². The van der Waals surface area contributed by atoms with Crippen molar-refractivity contribution >= 4 is 9.84 Å². The third-order valence-corrected chi connectivity index (χ3v) is 11.3. The third-order valence-electron chi connectivity index (χ3n) is 9.77. The van der Waals surface area contributed by atoms with Gasteiger partial charge in [-0.1, -0.05) is 48.5 Å². The first-order chi connectivity index (χ1) is 26.0. The van der Waals surface area contributed by atoms with E-state index in [0.717, 1.165) is 89.0 Å². The molecule has 1 aliphatic rings. The van der Waals surface area contributed by atoms with Gasteiger partial charge in [0.15, 0.2) is 9.84 Å². The van der Waals surface area contributed by atoms with E-state index in [-0.39, 0.29) is 11.5 Å². The lowest BCUT2D eigenvalue weighted by molar-refractivity contribution is 0.595. The molecule has 0 saturated heterocycles. The minimum atomic E-state index is -3.40. The van der Waals surface area contributed by atoms with E-state index in [1.165, 1.54) is 0 Å². The Morgan fingerprint density at radius 3 is 0.925 bits per heavy atom. The Hall–Kier alpha value is -6.57. The van der Waals surface area contributed by atoms with E-state index >= 15 is 0 Å². The molecule has 0 atom stereocenters. The van der Waals surface area contributed by atoms with Gasteiger partial charge in [0, 0.05) is 71.8 Å². The molecule has 0 saturated carbocycles. The summed E-state index contributed by atoms with van der Waals surface area (Å²) in [5.41, 5.74) is 15.6. The average Bonchev–Trinajstić information content (AvgIpc) is 3.33. The summed E-state index contributed by atoms with van der Waals surface area (Å²) in [5, 5.41) is 0. The van der Waals surface area contributed by atoms with Crippen LogP contribution in [0.5, 0.6) is 0 Å². The first-order valence-electron chi connectivity index (χ1n) is 17.3. The summed E-state index contributed by atoms with van der Waals surface area (Å²) in [6, 6.07) is 41.4. The molecule has 4 aromatic carbocycles. The first-order valence-corrected chi connectivity index (χ1v) is 19.2. The van der Waals surface area contributed by atoms with Crippen LogP contribution < -0.4 is 0 Å². The maximum atomic E-state index is 13.5. The highest BCUT2D eigenvalue weighted by Crippen LogP contribution is 2.41. The van der Waals surface area contributed by atoms with Crippen LogP contribution in [0.2, 0.25) is 0 Å². The minimum absolute atomic E-state index is 0.0229. The topological polar surface area (TPSA) is 85.7 Å². The van der Waals surface area contributed by atoms with Crippen molar-refractivity contribution in [2.45, 2.75) is 11.5 Å². The standard InChI is InChI=1S/C46H32N4O2S/c51-53(52)29-37-11-9-31(39-17-41(33-5-1-13-47-25-33)21-42(18-39)34-6-2-14-48-26-34)23-45(37)46-24-32(10-12-38(46)30-53)40-19-43(35-7-3-15-49-27-35)22-44(20-40)36-8-4-16-50-28-36/h1-28H,29-30H2. The minimum Gasteiger partial charge on any atom is -0.264 e. The smallest absolute Gasteiger partial charge is 0.158 e. The summed E-state index contributed by atoms with van der Waals surface area (Å²) in [6.07, 6.45) is 14.6. The maximum absolute atomic E-state index is 13.5. The molecule has 6 nitrogen and oxygen atoms in total. The second-order valence-electron chi connectivity index (χ2n) is 13.3. The van der Waals surface area contributed by atoms with Crippen molar-refractivity contribution in [1.29, 1.82) is 0 Å². The van der Waals surface area contributed by atoms with Crippen molar-refractivity contribution in [3.63, 3.8) is 0 Å². The molecule has 1 aliphatic heterocycles. The lowest BCUT2D eigenvalue weighted by Crippen LogP contribution is -2.05. The second-order valence-corrected chi connectivity index (χ2v) is 15.4. The van der Waals surface area contributed by atoms with E-state index in [4.69, 9.17) is 0 Å². The molecule has 4 aromatic heterocycles. The molecule has 0 amide bonds. The van der Waals surface area contributed by atoms with Gasteiger partial charge < -0.3 is 0 Å². The molecule has 0 fully saturated rings. The van der Waals surface area contributed by atoms with Crippen molar-refractivity contribution in [3.8, 4) is 77.9 Å². The van der Waals surface area contributed by atoms with Crippen LogP contribution >= 0.6 is 0 Å². The Balaban J connectivity index is 1.21. The summed E-state index contributed by atoms with van der Waals surface area (Å²) >= 11 is 0. The highest BCUT2D eigenvalue weighted by molar-refractivity contribution is 7.89. The number of benzene rings is 4. The van der Waals surface area contributed by atoms with Crippen LogP contribution in [0.15, 0.2) is 171 Å². The Bertz CT molecular complexity index is 2420. The molecule has 53 heavy (non-hydrogen) atoms. The molecule has 254 valence electrons. The highest BCUT2D eigenvalue weighted by Gasteiger charge is 2.25. The highest BCUT2D eigenvalue weighted by atomic mass is 32.2. The van der Waals surface area contributed by atoms with Gasteiger partial charge in [-0.25, -0.2) is 8.42 Å². The van der Waals surface area contributed by atoms with Crippen LogP contribution in [0, 0.1) is 0 Å². The number of pyridine rings is 4. The van der Waals surface area contributed by atoms with Crippen LogP contribution in [0.25, 0.3) is 77.9 Å². The zero-order chi connectivity index (χ0) is 35.8. The van der Waals surface area contributed by atoms with Crippen molar-refractivity contribution in [1.82, 2.24) is 19.9 Å². The van der Waals surface area contributed by atoms with Gasteiger partial charge in [-0.05, 0) is 140 Å². The number of aromatic nitrogens is 4. The summed E-state index contributed by atoms with van der Waals surface area (Å²) in [5.74, 6) is -0.0458. The van der Waals surface area contributed by atoms with E-state index in [0.29, 0.717) is 0 Å². The Labute approximate surface area is 308 Å². The van der Waals surface area contributed by atoms with E-state index in [9.17, 15) is 8.42 Å². The number of fused-ring (bicyclic) bond motifs is 3. The Kier molecular flexibility index (Phi) is 8.25. The molecule has 5 heterocycles. The average molecular weight is 705 g/mol. The maximum Gasteiger partial charge on any atom is 0.158 e. The number of nitrogens with zero attached hydrogens (tertiary/aromatic N) is 4. The molecule has 0 bridgehead atoms. The SMILES string of the molecule is O=S1(=O)Cc2ccc(-c3cc(-c4cccnc4)cc(-c4cccnc4)c3)cc2-c2cc(-c3cc(-c4cccnc4)cc(-c4cccnc4)c3)ccc2C1. The molecule has 0 unspecified atom stereocenters. The normalized spacial score (nSPS) is 13.1. The van der Waals surface area contributed by atoms with E-state index in [1.54, 1.807) is 24.8 Å². The van der Waals surface area contributed by atoms with Gasteiger partial charge in [0.25, 0.3) is 0 Å². The predicted octanol–water partition coefficient (Wildman–Crippen LogP) is 10.4. The van der Waals surface area contributed by atoms with Crippen LogP contribution in [0.1, 0.15) is 11.1 Å². The zero-order valence-electron chi connectivity index (χ0n) is 28.6. The first kappa shape index (κ1) is 32.3. The third kappa shape index (κ3) is 6.66. The predicted molar refractivity (Wildman–Crippen MR) is 212 cm³/mol. The monoisotopic (exact) mass is 704 g/mol. The summed E-state index contributed by atoms with van der Waals surface area (Å²) in [6.45, 7) is 0. The summed E-state index contributed by atoms with van der Waals surface area (Å²) in [7, 11) is -3.40. The van der Waals surface area contributed by atoms with Crippen LogP contribution in [0.3, 0.4) is 0 Å². The molecule has 7 heteroatoms. The Morgan fingerprint density at radius 1 is 0.340 bits per heavy atom. The summed E-state index contributed by atoms with van der Waals surface area (Å²) in [4.78, 5) is 17.5. The fraction of sp³-hybridized carbons (Fsp3) is 0.0435. The number of rotatable bonds is 6. The summed E-state index contributed by atoms with van der Waals surface area (Å²) < 4.78 is 27.0. The van der Waals surface area contributed by atoms with Crippen molar-refractivity contribution in [2.75, 3.05) is 0 Å². The van der Waals surface area contributed by atoms with E-state index in [1.807, 2.05) is 73.3 Å². The van der Waals surface area contributed by atoms with Gasteiger partial charge in [0.2, 0.25) is 0 Å². The number of hydrogen-bond donors (Lipinski definition) is 0. The fourth-order valence-electron chi connectivity index (χ4n) is 7.18. The molecule has 0 N–H and O–H groups in total. The van der Waals surface area contributed by atoms with Crippen LogP contribution in [-0.4, -0.2) is 28.4 Å². The lowest BCUT2D eigenvalue weighted by Gasteiger charge is -2.16. The molecular weight excluding hydrogens is 673 g/mol. The van der Waals surface area contributed by atoms with Gasteiger partial charge in [0.1, 0.15) is 0 Å². The largest absolute Gasteiger partial charge is 0.264 e. The lowest BCUT2D eigenvalue weighted by atomic mass is 9.88. The zero-order valence-corrected chi connectivity index (χ0v) is 29.4. The van der Waals surface area contributed by atoms with Crippen molar-refractivity contribution < 1.29 is 8.42 Å². The molecule has 0 aliphatic carbocycles. The number of sulfone groups is 1. The van der Waals surface area contributed by atoms with Crippen molar-refractivity contribution in [2.24, 2.45) is 0 Å². The molecule has 0 spiro atoms. The second kappa shape index (κ2) is 13.5. The van der Waals surface area contributed by atoms with Crippen LogP contribution in [-0.2, 0) is 21.3 Å². The molecule has 0 radical (unpaired) electrons.